The van der Waals surface area contributed by atoms with E-state index in [1.807, 2.05) is 23.1 Å². The molecule has 2 heterocycles. The number of fused-ring (bicyclic) bond motifs is 1. The van der Waals surface area contributed by atoms with E-state index in [4.69, 9.17) is 22.1 Å². The van der Waals surface area contributed by atoms with Crippen LogP contribution in [0.1, 0.15) is 5.01 Å². The highest BCUT2D eigenvalue weighted by Gasteiger charge is 2.12. The maximum absolute atomic E-state index is 5.99. The van der Waals surface area contributed by atoms with Crippen LogP contribution in [-0.4, -0.2) is 42.1 Å². The topological polar surface area (TPSA) is 63.7 Å². The maximum Gasteiger partial charge on any atom is 0.191 e. The number of nitrogens with zero attached hydrogens (tertiary/aromatic N) is 3. The number of hydrogen-bond acceptors (Lipinski definition) is 4. The number of ether oxygens (including phenoxy) is 1. The van der Waals surface area contributed by atoms with Crippen LogP contribution in [0.4, 0.5) is 0 Å². The van der Waals surface area contributed by atoms with Crippen LogP contribution >= 0.6 is 46.9 Å². The van der Waals surface area contributed by atoms with Gasteiger partial charge in [0.15, 0.2) is 5.96 Å². The molecule has 0 saturated carbocycles. The van der Waals surface area contributed by atoms with Crippen molar-refractivity contribution in [3.05, 3.63) is 28.2 Å². The van der Waals surface area contributed by atoms with E-state index >= 15 is 0 Å². The predicted octanol–water partition coefficient (Wildman–Crippen LogP) is 2.71. The Labute approximate surface area is 149 Å². The van der Waals surface area contributed by atoms with E-state index in [1.54, 1.807) is 11.3 Å². The van der Waals surface area contributed by atoms with Gasteiger partial charge in [0.2, 0.25) is 0 Å². The van der Waals surface area contributed by atoms with Crippen LogP contribution < -0.4 is 5.73 Å². The minimum absolute atomic E-state index is 0. The number of aliphatic imine (C=N–C) groups is 1. The Morgan fingerprint density at radius 2 is 2.19 bits per heavy atom. The molecule has 1 saturated heterocycles. The Balaban J connectivity index is 0.00000161. The fraction of sp³-hybridized carbons (Fsp3) is 0.385. The molecule has 1 fully saturated rings. The first-order valence-corrected chi connectivity index (χ1v) is 7.59. The van der Waals surface area contributed by atoms with Gasteiger partial charge in [-0.25, -0.2) is 9.98 Å². The number of hydrogen-bond donors (Lipinski definition) is 1. The van der Waals surface area contributed by atoms with E-state index in [2.05, 4.69) is 9.98 Å². The molecular weight excluding hydrogens is 423 g/mol. The Bertz CT molecular complexity index is 642. The van der Waals surface area contributed by atoms with Crippen LogP contribution in [0.25, 0.3) is 10.2 Å². The molecule has 1 aromatic heterocycles. The molecule has 0 bridgehead atoms. The lowest BCUT2D eigenvalue weighted by molar-refractivity contribution is 0.0674. The largest absolute Gasteiger partial charge is 0.378 e. The maximum atomic E-state index is 5.99. The lowest BCUT2D eigenvalue weighted by Crippen LogP contribution is -2.44. The summed E-state index contributed by atoms with van der Waals surface area (Å²) in [5.74, 6) is 0.561. The second kappa shape index (κ2) is 7.57. The van der Waals surface area contributed by atoms with Crippen molar-refractivity contribution >= 4 is 63.1 Å². The molecule has 0 spiro atoms. The Morgan fingerprint density at radius 3 is 2.95 bits per heavy atom. The summed E-state index contributed by atoms with van der Waals surface area (Å²) in [6, 6.07) is 5.72. The van der Waals surface area contributed by atoms with Crippen molar-refractivity contribution in [2.45, 2.75) is 6.54 Å². The molecule has 2 aromatic rings. The van der Waals surface area contributed by atoms with Gasteiger partial charge in [-0.05, 0) is 18.2 Å². The van der Waals surface area contributed by atoms with Crippen molar-refractivity contribution in [2.75, 3.05) is 26.3 Å². The zero-order valence-corrected chi connectivity index (χ0v) is 15.2. The molecule has 0 radical (unpaired) electrons. The molecule has 114 valence electrons. The van der Waals surface area contributed by atoms with E-state index in [1.165, 1.54) is 0 Å². The molecule has 0 aliphatic carbocycles. The lowest BCUT2D eigenvalue weighted by atomic mass is 10.3. The van der Waals surface area contributed by atoms with Gasteiger partial charge in [-0.15, -0.1) is 35.3 Å². The minimum Gasteiger partial charge on any atom is -0.378 e. The highest BCUT2D eigenvalue weighted by atomic mass is 127. The van der Waals surface area contributed by atoms with Gasteiger partial charge in [0, 0.05) is 18.1 Å². The third-order valence-electron chi connectivity index (χ3n) is 3.11. The first-order valence-electron chi connectivity index (χ1n) is 6.40. The third-order valence-corrected chi connectivity index (χ3v) is 4.36. The molecular formula is C13H16ClIN4OS. The fourth-order valence-corrected chi connectivity index (χ4v) is 3.10. The summed E-state index contributed by atoms with van der Waals surface area (Å²) < 4.78 is 6.40. The third kappa shape index (κ3) is 4.18. The number of aromatic nitrogens is 1. The number of guanidine groups is 1. The van der Waals surface area contributed by atoms with Crippen molar-refractivity contribution in [1.82, 2.24) is 9.88 Å². The van der Waals surface area contributed by atoms with E-state index in [0.29, 0.717) is 30.7 Å². The van der Waals surface area contributed by atoms with Crippen molar-refractivity contribution in [3.63, 3.8) is 0 Å². The summed E-state index contributed by atoms with van der Waals surface area (Å²) in [5, 5.41) is 1.64. The van der Waals surface area contributed by atoms with Crippen LogP contribution in [-0.2, 0) is 11.3 Å². The SMILES string of the molecule is I.NC(=NCc1nc2cc(Cl)ccc2s1)N1CCOCC1. The fourth-order valence-electron chi connectivity index (χ4n) is 2.06. The molecule has 0 unspecified atom stereocenters. The van der Waals surface area contributed by atoms with Gasteiger partial charge in [-0.2, -0.15) is 0 Å². The molecule has 2 N–H and O–H groups in total. The highest BCUT2D eigenvalue weighted by molar-refractivity contribution is 14.0. The Kier molecular flexibility index (Phi) is 6.03. The first-order chi connectivity index (χ1) is 9.72. The van der Waals surface area contributed by atoms with Crippen molar-refractivity contribution in [3.8, 4) is 0 Å². The highest BCUT2D eigenvalue weighted by Crippen LogP contribution is 2.25. The van der Waals surface area contributed by atoms with Crippen molar-refractivity contribution < 1.29 is 4.74 Å². The van der Waals surface area contributed by atoms with Crippen molar-refractivity contribution in [1.29, 1.82) is 0 Å². The van der Waals surface area contributed by atoms with Crippen LogP contribution in [0.15, 0.2) is 23.2 Å². The molecule has 8 heteroatoms. The second-order valence-electron chi connectivity index (χ2n) is 4.49. The van der Waals surface area contributed by atoms with Crippen LogP contribution in [0.3, 0.4) is 0 Å². The van der Waals surface area contributed by atoms with Gasteiger partial charge >= 0.3 is 0 Å². The van der Waals surface area contributed by atoms with Crippen molar-refractivity contribution in [2.24, 2.45) is 10.7 Å². The smallest absolute Gasteiger partial charge is 0.191 e. The zero-order chi connectivity index (χ0) is 13.9. The van der Waals surface area contributed by atoms with Gasteiger partial charge < -0.3 is 15.4 Å². The second-order valence-corrected chi connectivity index (χ2v) is 6.05. The van der Waals surface area contributed by atoms with Gasteiger partial charge in [0.05, 0.1) is 30.0 Å². The van der Waals surface area contributed by atoms with Gasteiger partial charge in [-0.3, -0.25) is 0 Å². The average molecular weight is 439 g/mol. The zero-order valence-electron chi connectivity index (χ0n) is 11.3. The standard InChI is InChI=1S/C13H15ClN4OS.HI/c14-9-1-2-11-10(7-9)17-12(20-11)8-16-13(15)18-3-5-19-6-4-18;/h1-2,7H,3-6,8H2,(H2,15,16);1H. The Hall–Kier alpha value is -0.640. The van der Waals surface area contributed by atoms with E-state index in [9.17, 15) is 0 Å². The number of nitrogens with two attached hydrogens (primary N) is 1. The minimum atomic E-state index is 0. The van der Waals surface area contributed by atoms with Gasteiger partial charge in [0.1, 0.15) is 5.01 Å². The van der Waals surface area contributed by atoms with Crippen LogP contribution in [0.5, 0.6) is 0 Å². The Morgan fingerprint density at radius 1 is 1.43 bits per heavy atom. The van der Waals surface area contributed by atoms with Gasteiger partial charge in [-0.1, -0.05) is 11.6 Å². The van der Waals surface area contributed by atoms with Gasteiger partial charge in [0.25, 0.3) is 0 Å². The first kappa shape index (κ1) is 16.7. The summed E-state index contributed by atoms with van der Waals surface area (Å²) >= 11 is 7.57. The number of benzene rings is 1. The van der Waals surface area contributed by atoms with E-state index in [0.717, 1.165) is 28.3 Å². The molecule has 21 heavy (non-hydrogen) atoms. The molecule has 0 atom stereocenters. The van der Waals surface area contributed by atoms with E-state index in [-0.39, 0.29) is 24.0 Å². The molecule has 1 aliphatic heterocycles. The summed E-state index contributed by atoms with van der Waals surface area (Å²) in [4.78, 5) is 11.0. The number of morpholine rings is 1. The quantitative estimate of drug-likeness (QED) is 0.445. The summed E-state index contributed by atoms with van der Waals surface area (Å²) in [6.07, 6.45) is 0. The number of rotatable bonds is 2. The predicted molar refractivity (Wildman–Crippen MR) is 97.8 cm³/mol. The average Bonchev–Trinajstić information content (AvgIpc) is 2.87. The summed E-state index contributed by atoms with van der Waals surface area (Å²) in [6.45, 7) is 3.50. The monoisotopic (exact) mass is 438 g/mol. The number of thiazole rings is 1. The molecule has 0 amide bonds. The molecule has 5 nitrogen and oxygen atoms in total. The lowest BCUT2D eigenvalue weighted by Gasteiger charge is -2.27. The molecule has 3 rings (SSSR count). The van der Waals surface area contributed by atoms with E-state index < -0.39 is 0 Å². The summed E-state index contributed by atoms with van der Waals surface area (Å²) in [7, 11) is 0. The molecule has 1 aliphatic rings. The number of halogens is 2. The summed E-state index contributed by atoms with van der Waals surface area (Å²) in [5.41, 5.74) is 6.91. The normalized spacial score (nSPS) is 16.0. The van der Waals surface area contributed by atoms with Crippen LogP contribution in [0.2, 0.25) is 5.02 Å². The molecule has 1 aromatic carbocycles. The van der Waals surface area contributed by atoms with Crippen LogP contribution in [0, 0.1) is 0 Å².